The molecule has 2 rings (SSSR count). The number of thioether (sulfide) groups is 1. The Labute approximate surface area is 134 Å². The number of rotatable bonds is 8. The van der Waals surface area contributed by atoms with Crippen molar-refractivity contribution in [1.82, 2.24) is 5.32 Å². The first-order chi connectivity index (χ1) is 10.3. The van der Waals surface area contributed by atoms with Gasteiger partial charge in [-0.2, -0.15) is 11.8 Å². The molecule has 1 fully saturated rings. The maximum atomic E-state index is 5.51. The van der Waals surface area contributed by atoms with Crippen LogP contribution < -0.4 is 10.1 Å². The van der Waals surface area contributed by atoms with E-state index < -0.39 is 0 Å². The molecule has 1 saturated heterocycles. The minimum atomic E-state index is 0.578. The molecule has 3 heteroatoms. The van der Waals surface area contributed by atoms with Gasteiger partial charge in [0.1, 0.15) is 5.75 Å². The van der Waals surface area contributed by atoms with Crippen LogP contribution in [-0.2, 0) is 6.42 Å². The number of ether oxygens (including phenoxy) is 1. The molecule has 118 valence electrons. The summed E-state index contributed by atoms with van der Waals surface area (Å²) < 4.78 is 5.51. The fraction of sp³-hybridized carbons (Fsp3) is 0.667. The zero-order chi connectivity index (χ0) is 14.9. The molecule has 1 unspecified atom stereocenters. The molecule has 1 N–H and O–H groups in total. The summed E-state index contributed by atoms with van der Waals surface area (Å²) in [6.07, 6.45) is 6.36. The number of nitrogens with one attached hydrogen (secondary N) is 1. The van der Waals surface area contributed by atoms with Gasteiger partial charge in [0.05, 0.1) is 7.11 Å². The zero-order valence-corrected chi connectivity index (χ0v) is 14.3. The number of methoxy groups -OCH3 is 1. The van der Waals surface area contributed by atoms with Gasteiger partial charge in [0.25, 0.3) is 0 Å². The molecule has 0 radical (unpaired) electrons. The van der Waals surface area contributed by atoms with Gasteiger partial charge >= 0.3 is 0 Å². The standard InChI is InChI=1S/C18H29NOS/c1-3-10-19-17(13-15-8-11-21-12-9-15)14-16-6-4-5-7-18(16)20-2/h4-7,15,17,19H,3,8-14H2,1-2H3. The third-order valence-corrected chi connectivity index (χ3v) is 5.35. The highest BCUT2D eigenvalue weighted by molar-refractivity contribution is 7.99. The van der Waals surface area contributed by atoms with Crippen molar-refractivity contribution in [3.8, 4) is 5.75 Å². The maximum Gasteiger partial charge on any atom is 0.122 e. The van der Waals surface area contributed by atoms with E-state index in [4.69, 9.17) is 4.74 Å². The van der Waals surface area contributed by atoms with Crippen LogP contribution in [0.15, 0.2) is 24.3 Å². The van der Waals surface area contributed by atoms with Gasteiger partial charge in [-0.25, -0.2) is 0 Å². The van der Waals surface area contributed by atoms with E-state index in [1.54, 1.807) is 7.11 Å². The van der Waals surface area contributed by atoms with Crippen molar-refractivity contribution in [2.24, 2.45) is 5.92 Å². The minimum Gasteiger partial charge on any atom is -0.496 e. The Morgan fingerprint density at radius 3 is 2.76 bits per heavy atom. The predicted octanol–water partition coefficient (Wildman–Crippen LogP) is 4.14. The average Bonchev–Trinajstić information content (AvgIpc) is 2.54. The molecule has 0 aliphatic carbocycles. The molecule has 1 heterocycles. The van der Waals surface area contributed by atoms with Gasteiger partial charge in [-0.1, -0.05) is 25.1 Å². The van der Waals surface area contributed by atoms with Crippen molar-refractivity contribution < 1.29 is 4.74 Å². The minimum absolute atomic E-state index is 0.578. The smallest absolute Gasteiger partial charge is 0.122 e. The fourth-order valence-electron chi connectivity index (χ4n) is 3.11. The summed E-state index contributed by atoms with van der Waals surface area (Å²) in [7, 11) is 1.77. The SMILES string of the molecule is CCCNC(Cc1ccccc1OC)CC1CCSCC1. The van der Waals surface area contributed by atoms with Gasteiger partial charge in [-0.3, -0.25) is 0 Å². The van der Waals surface area contributed by atoms with Crippen LogP contribution in [0.4, 0.5) is 0 Å². The van der Waals surface area contributed by atoms with Gasteiger partial charge in [0.15, 0.2) is 0 Å². The van der Waals surface area contributed by atoms with E-state index >= 15 is 0 Å². The Kier molecular flexibility index (Phi) is 7.45. The predicted molar refractivity (Wildman–Crippen MR) is 93.4 cm³/mol. The lowest BCUT2D eigenvalue weighted by Gasteiger charge is -2.27. The number of hydrogen-bond acceptors (Lipinski definition) is 3. The van der Waals surface area contributed by atoms with Crippen molar-refractivity contribution in [1.29, 1.82) is 0 Å². The number of benzene rings is 1. The summed E-state index contributed by atoms with van der Waals surface area (Å²) in [5.74, 6) is 4.62. The fourth-order valence-corrected chi connectivity index (χ4v) is 4.31. The van der Waals surface area contributed by atoms with E-state index in [0.29, 0.717) is 6.04 Å². The third kappa shape index (κ3) is 5.55. The molecule has 21 heavy (non-hydrogen) atoms. The third-order valence-electron chi connectivity index (χ3n) is 4.30. The average molecular weight is 308 g/mol. The van der Waals surface area contributed by atoms with Gasteiger partial charge in [-0.15, -0.1) is 0 Å². The van der Waals surface area contributed by atoms with Crippen molar-refractivity contribution in [3.63, 3.8) is 0 Å². The summed E-state index contributed by atoms with van der Waals surface area (Å²) >= 11 is 2.11. The van der Waals surface area contributed by atoms with Crippen LogP contribution in [0.25, 0.3) is 0 Å². The zero-order valence-electron chi connectivity index (χ0n) is 13.4. The second-order valence-corrected chi connectivity index (χ2v) is 7.18. The molecule has 1 aromatic carbocycles. The molecule has 2 nitrogen and oxygen atoms in total. The lowest BCUT2D eigenvalue weighted by atomic mass is 9.91. The molecule has 0 spiro atoms. The second-order valence-electron chi connectivity index (χ2n) is 5.96. The van der Waals surface area contributed by atoms with E-state index in [9.17, 15) is 0 Å². The first kappa shape index (κ1) is 16.7. The highest BCUT2D eigenvalue weighted by Gasteiger charge is 2.20. The van der Waals surface area contributed by atoms with E-state index in [0.717, 1.165) is 24.6 Å². The molecular formula is C18H29NOS. The van der Waals surface area contributed by atoms with E-state index in [1.807, 2.05) is 0 Å². The Bertz CT molecular complexity index is 404. The summed E-state index contributed by atoms with van der Waals surface area (Å²) in [5, 5.41) is 3.75. The van der Waals surface area contributed by atoms with Gasteiger partial charge in [0.2, 0.25) is 0 Å². The molecule has 1 aliphatic heterocycles. The normalized spacial score (nSPS) is 17.6. The Morgan fingerprint density at radius 2 is 2.05 bits per heavy atom. The molecule has 1 aliphatic rings. The molecule has 0 aromatic heterocycles. The maximum absolute atomic E-state index is 5.51. The van der Waals surface area contributed by atoms with Gasteiger partial charge in [-0.05, 0) is 67.7 Å². The first-order valence-corrected chi connectivity index (χ1v) is 9.42. The van der Waals surface area contributed by atoms with Crippen LogP contribution in [0.5, 0.6) is 5.75 Å². The Morgan fingerprint density at radius 1 is 1.29 bits per heavy atom. The Hall–Kier alpha value is -0.670. The topological polar surface area (TPSA) is 21.3 Å². The van der Waals surface area contributed by atoms with Crippen LogP contribution in [0.3, 0.4) is 0 Å². The molecule has 0 bridgehead atoms. The highest BCUT2D eigenvalue weighted by atomic mass is 32.2. The van der Waals surface area contributed by atoms with Crippen LogP contribution in [0.1, 0.15) is 38.2 Å². The van der Waals surface area contributed by atoms with Crippen LogP contribution in [0, 0.1) is 5.92 Å². The van der Waals surface area contributed by atoms with Crippen LogP contribution in [-0.4, -0.2) is 31.2 Å². The van der Waals surface area contributed by atoms with Gasteiger partial charge in [0, 0.05) is 6.04 Å². The molecule has 0 amide bonds. The summed E-state index contributed by atoms with van der Waals surface area (Å²) in [6.45, 7) is 3.35. The van der Waals surface area contributed by atoms with E-state index in [2.05, 4.69) is 48.3 Å². The van der Waals surface area contributed by atoms with Crippen LogP contribution in [0.2, 0.25) is 0 Å². The molecule has 1 atom stereocenters. The number of para-hydroxylation sites is 1. The second kappa shape index (κ2) is 9.37. The summed E-state index contributed by atoms with van der Waals surface area (Å²) in [5.41, 5.74) is 1.33. The van der Waals surface area contributed by atoms with Gasteiger partial charge < -0.3 is 10.1 Å². The van der Waals surface area contributed by atoms with Crippen molar-refractivity contribution in [2.45, 2.75) is 45.1 Å². The first-order valence-electron chi connectivity index (χ1n) is 8.26. The molecular weight excluding hydrogens is 278 g/mol. The highest BCUT2D eigenvalue weighted by Crippen LogP contribution is 2.28. The lowest BCUT2D eigenvalue weighted by Crippen LogP contribution is -2.34. The van der Waals surface area contributed by atoms with Crippen LogP contribution >= 0.6 is 11.8 Å². The largest absolute Gasteiger partial charge is 0.496 e. The van der Waals surface area contributed by atoms with E-state index in [1.165, 1.54) is 42.8 Å². The Balaban J connectivity index is 1.97. The number of hydrogen-bond donors (Lipinski definition) is 1. The molecule has 0 saturated carbocycles. The molecule has 1 aromatic rings. The van der Waals surface area contributed by atoms with E-state index in [-0.39, 0.29) is 0 Å². The van der Waals surface area contributed by atoms with Crippen molar-refractivity contribution in [2.75, 3.05) is 25.2 Å². The summed E-state index contributed by atoms with van der Waals surface area (Å²) in [4.78, 5) is 0. The van der Waals surface area contributed by atoms with Crippen molar-refractivity contribution >= 4 is 11.8 Å². The quantitative estimate of drug-likeness (QED) is 0.780. The van der Waals surface area contributed by atoms with Crippen molar-refractivity contribution in [3.05, 3.63) is 29.8 Å². The summed E-state index contributed by atoms with van der Waals surface area (Å²) in [6, 6.07) is 9.02. The lowest BCUT2D eigenvalue weighted by molar-refractivity contribution is 0.356. The monoisotopic (exact) mass is 307 g/mol.